The summed E-state index contributed by atoms with van der Waals surface area (Å²) in [5.41, 5.74) is 0.615. The van der Waals surface area contributed by atoms with Gasteiger partial charge in [-0.1, -0.05) is 6.07 Å². The number of nitrogens with one attached hydrogen (secondary N) is 1. The van der Waals surface area contributed by atoms with Crippen molar-refractivity contribution in [2.75, 3.05) is 13.7 Å². The SMILES string of the molecule is CNC(C)(CO)c1cccnc1. The molecule has 1 rings (SSSR count). The summed E-state index contributed by atoms with van der Waals surface area (Å²) in [6, 6.07) is 3.81. The normalized spacial score (nSPS) is 15.6. The van der Waals surface area contributed by atoms with E-state index in [2.05, 4.69) is 10.3 Å². The monoisotopic (exact) mass is 166 g/mol. The Morgan fingerprint density at radius 1 is 1.67 bits per heavy atom. The van der Waals surface area contributed by atoms with Crippen LogP contribution in [0.25, 0.3) is 0 Å². The van der Waals surface area contributed by atoms with Gasteiger partial charge in [-0.05, 0) is 25.6 Å². The summed E-state index contributed by atoms with van der Waals surface area (Å²) in [4.78, 5) is 4.00. The first-order chi connectivity index (χ1) is 5.73. The van der Waals surface area contributed by atoms with Gasteiger partial charge in [0.15, 0.2) is 0 Å². The fourth-order valence-electron chi connectivity index (χ4n) is 1.00. The van der Waals surface area contributed by atoms with Gasteiger partial charge in [0.05, 0.1) is 12.1 Å². The number of nitrogens with zero attached hydrogens (tertiary/aromatic N) is 1. The number of aromatic nitrogens is 1. The number of hydrogen-bond donors (Lipinski definition) is 2. The third-order valence-corrected chi connectivity index (χ3v) is 2.17. The fourth-order valence-corrected chi connectivity index (χ4v) is 1.00. The molecule has 0 spiro atoms. The van der Waals surface area contributed by atoms with Crippen LogP contribution in [0, 0.1) is 0 Å². The minimum Gasteiger partial charge on any atom is -0.394 e. The maximum Gasteiger partial charge on any atom is 0.0653 e. The van der Waals surface area contributed by atoms with Crippen LogP contribution in [0.1, 0.15) is 12.5 Å². The van der Waals surface area contributed by atoms with E-state index >= 15 is 0 Å². The van der Waals surface area contributed by atoms with Gasteiger partial charge in [0.1, 0.15) is 0 Å². The van der Waals surface area contributed by atoms with Crippen molar-refractivity contribution in [3.8, 4) is 0 Å². The van der Waals surface area contributed by atoms with Gasteiger partial charge in [0, 0.05) is 12.4 Å². The summed E-state index contributed by atoms with van der Waals surface area (Å²) in [5, 5.41) is 12.2. The molecule has 0 aliphatic carbocycles. The first-order valence-electron chi connectivity index (χ1n) is 3.93. The van der Waals surface area contributed by atoms with Crippen molar-refractivity contribution in [2.24, 2.45) is 0 Å². The molecule has 0 aliphatic rings. The molecule has 1 aromatic rings. The Labute approximate surface area is 72.5 Å². The Kier molecular flexibility index (Phi) is 2.78. The highest BCUT2D eigenvalue weighted by atomic mass is 16.3. The first-order valence-corrected chi connectivity index (χ1v) is 3.93. The second-order valence-electron chi connectivity index (χ2n) is 2.98. The molecular weight excluding hydrogens is 152 g/mol. The summed E-state index contributed by atoms with van der Waals surface area (Å²) in [7, 11) is 1.82. The molecule has 3 nitrogen and oxygen atoms in total. The van der Waals surface area contributed by atoms with Crippen molar-refractivity contribution in [3.05, 3.63) is 30.1 Å². The number of hydrogen-bond acceptors (Lipinski definition) is 3. The van der Waals surface area contributed by atoms with Gasteiger partial charge in [0.2, 0.25) is 0 Å². The molecule has 12 heavy (non-hydrogen) atoms. The number of likely N-dealkylation sites (N-methyl/N-ethyl adjacent to an activating group) is 1. The number of aliphatic hydroxyl groups excluding tert-OH is 1. The lowest BCUT2D eigenvalue weighted by Gasteiger charge is -2.26. The molecular formula is C9H14N2O. The molecule has 1 heterocycles. The highest BCUT2D eigenvalue weighted by Crippen LogP contribution is 2.17. The van der Waals surface area contributed by atoms with Gasteiger partial charge in [-0.15, -0.1) is 0 Å². The lowest BCUT2D eigenvalue weighted by atomic mass is 9.95. The third kappa shape index (κ3) is 1.62. The Morgan fingerprint density at radius 2 is 2.42 bits per heavy atom. The van der Waals surface area contributed by atoms with Crippen molar-refractivity contribution in [3.63, 3.8) is 0 Å². The van der Waals surface area contributed by atoms with E-state index in [1.165, 1.54) is 0 Å². The largest absolute Gasteiger partial charge is 0.394 e. The highest BCUT2D eigenvalue weighted by molar-refractivity contribution is 5.19. The van der Waals surface area contributed by atoms with Crippen LogP contribution in [-0.4, -0.2) is 23.7 Å². The molecule has 0 saturated heterocycles. The van der Waals surface area contributed by atoms with E-state index in [1.54, 1.807) is 12.4 Å². The number of aliphatic hydroxyl groups is 1. The van der Waals surface area contributed by atoms with E-state index in [0.717, 1.165) is 5.56 Å². The average molecular weight is 166 g/mol. The van der Waals surface area contributed by atoms with E-state index in [9.17, 15) is 0 Å². The second-order valence-corrected chi connectivity index (χ2v) is 2.98. The molecule has 1 atom stereocenters. The minimum absolute atomic E-state index is 0.0647. The van der Waals surface area contributed by atoms with Crippen LogP contribution in [0.5, 0.6) is 0 Å². The van der Waals surface area contributed by atoms with Crippen LogP contribution in [0.4, 0.5) is 0 Å². The summed E-state index contributed by atoms with van der Waals surface area (Å²) in [6.07, 6.45) is 3.48. The van der Waals surface area contributed by atoms with Gasteiger partial charge in [-0.25, -0.2) is 0 Å². The third-order valence-electron chi connectivity index (χ3n) is 2.17. The van der Waals surface area contributed by atoms with E-state index < -0.39 is 0 Å². The molecule has 0 aliphatic heterocycles. The van der Waals surface area contributed by atoms with Crippen molar-refractivity contribution in [1.29, 1.82) is 0 Å². The molecule has 0 aromatic carbocycles. The van der Waals surface area contributed by atoms with Gasteiger partial charge in [-0.3, -0.25) is 4.98 Å². The summed E-state index contributed by atoms with van der Waals surface area (Å²) in [6.45, 7) is 2.00. The standard InChI is InChI=1S/C9H14N2O/c1-9(7-12,10-2)8-4-3-5-11-6-8/h3-6,10,12H,7H2,1-2H3. The van der Waals surface area contributed by atoms with Crippen molar-refractivity contribution < 1.29 is 5.11 Å². The summed E-state index contributed by atoms with van der Waals surface area (Å²) < 4.78 is 0. The predicted octanol–water partition coefficient (Wildman–Crippen LogP) is 0.509. The second kappa shape index (κ2) is 3.65. The maximum atomic E-state index is 9.15. The van der Waals surface area contributed by atoms with E-state index in [1.807, 2.05) is 26.1 Å². The summed E-state index contributed by atoms with van der Waals surface area (Å²) >= 11 is 0. The topological polar surface area (TPSA) is 45.1 Å². The summed E-state index contributed by atoms with van der Waals surface area (Å²) in [5.74, 6) is 0. The molecule has 0 fully saturated rings. The minimum atomic E-state index is -0.381. The number of rotatable bonds is 3. The Morgan fingerprint density at radius 3 is 2.83 bits per heavy atom. The molecule has 0 amide bonds. The van der Waals surface area contributed by atoms with Crippen LogP contribution >= 0.6 is 0 Å². The Bertz CT molecular complexity index is 232. The van der Waals surface area contributed by atoms with Gasteiger partial charge in [0.25, 0.3) is 0 Å². The zero-order chi connectivity index (χ0) is 9.03. The van der Waals surface area contributed by atoms with Crippen LogP contribution in [0.15, 0.2) is 24.5 Å². The van der Waals surface area contributed by atoms with Crippen LogP contribution in [0.3, 0.4) is 0 Å². The fraction of sp³-hybridized carbons (Fsp3) is 0.444. The van der Waals surface area contributed by atoms with Crippen molar-refractivity contribution in [1.82, 2.24) is 10.3 Å². The van der Waals surface area contributed by atoms with E-state index in [-0.39, 0.29) is 12.1 Å². The smallest absolute Gasteiger partial charge is 0.0653 e. The van der Waals surface area contributed by atoms with Gasteiger partial charge < -0.3 is 10.4 Å². The van der Waals surface area contributed by atoms with Gasteiger partial charge in [-0.2, -0.15) is 0 Å². The zero-order valence-corrected chi connectivity index (χ0v) is 7.41. The van der Waals surface area contributed by atoms with Crippen LogP contribution in [-0.2, 0) is 5.54 Å². The number of pyridine rings is 1. The Balaban J connectivity index is 2.95. The molecule has 3 heteroatoms. The molecule has 1 aromatic heterocycles. The molecule has 0 saturated carbocycles. The molecule has 0 bridgehead atoms. The molecule has 66 valence electrons. The van der Waals surface area contributed by atoms with E-state index in [4.69, 9.17) is 5.11 Å². The van der Waals surface area contributed by atoms with Crippen LogP contribution < -0.4 is 5.32 Å². The molecule has 1 unspecified atom stereocenters. The van der Waals surface area contributed by atoms with Gasteiger partial charge >= 0.3 is 0 Å². The lowest BCUT2D eigenvalue weighted by Crippen LogP contribution is -2.40. The molecule has 2 N–H and O–H groups in total. The quantitative estimate of drug-likeness (QED) is 0.687. The lowest BCUT2D eigenvalue weighted by molar-refractivity contribution is 0.183. The average Bonchev–Trinajstić information content (AvgIpc) is 2.18. The van der Waals surface area contributed by atoms with E-state index in [0.29, 0.717) is 0 Å². The van der Waals surface area contributed by atoms with Crippen molar-refractivity contribution in [2.45, 2.75) is 12.5 Å². The van der Waals surface area contributed by atoms with Crippen molar-refractivity contribution >= 4 is 0 Å². The zero-order valence-electron chi connectivity index (χ0n) is 7.41. The maximum absolute atomic E-state index is 9.15. The first kappa shape index (κ1) is 9.16. The highest BCUT2D eigenvalue weighted by Gasteiger charge is 2.22. The van der Waals surface area contributed by atoms with Crippen LogP contribution in [0.2, 0.25) is 0 Å². The molecule has 0 radical (unpaired) electrons. The Hall–Kier alpha value is -0.930. The predicted molar refractivity (Wildman–Crippen MR) is 47.7 cm³/mol.